The van der Waals surface area contributed by atoms with E-state index >= 15 is 0 Å². The fourth-order valence-corrected chi connectivity index (χ4v) is 3.45. The Bertz CT molecular complexity index is 590. The van der Waals surface area contributed by atoms with Crippen molar-refractivity contribution in [3.05, 3.63) is 29.1 Å². The van der Waals surface area contributed by atoms with E-state index in [2.05, 4.69) is 0 Å². The molecule has 0 bridgehead atoms. The molecule has 0 unspecified atom stereocenters. The number of hydrogen-bond donors (Lipinski definition) is 0. The Balaban J connectivity index is 3.14. The van der Waals surface area contributed by atoms with Gasteiger partial charge in [-0.25, -0.2) is 12.8 Å². The van der Waals surface area contributed by atoms with Crippen LogP contribution in [0.15, 0.2) is 17.0 Å². The predicted octanol–water partition coefficient (Wildman–Crippen LogP) is 1.63. The molecule has 0 atom stereocenters. The van der Waals surface area contributed by atoms with Gasteiger partial charge in [0.2, 0.25) is 10.0 Å². The minimum Gasteiger partial charge on any atom is -0.465 e. The molecule has 0 aromatic heterocycles. The number of sulfonamides is 1. The van der Waals surface area contributed by atoms with Crippen molar-refractivity contribution in [2.75, 3.05) is 20.2 Å². The van der Waals surface area contributed by atoms with Gasteiger partial charge in [0.05, 0.1) is 11.5 Å². The second-order valence-corrected chi connectivity index (χ2v) is 6.42. The summed E-state index contributed by atoms with van der Waals surface area (Å²) >= 11 is 0. The van der Waals surface area contributed by atoms with Crippen molar-refractivity contribution in [1.82, 2.24) is 4.31 Å². The highest BCUT2D eigenvalue weighted by atomic mass is 32.2. The summed E-state index contributed by atoms with van der Waals surface area (Å²) in [5.74, 6) is -1.12. The van der Waals surface area contributed by atoms with Gasteiger partial charge in [-0.05, 0) is 44.0 Å². The highest BCUT2D eigenvalue weighted by Crippen LogP contribution is 2.24. The molecule has 0 amide bonds. The zero-order valence-corrected chi connectivity index (χ0v) is 12.8. The summed E-state index contributed by atoms with van der Waals surface area (Å²) in [6.07, 6.45) is 0. The van der Waals surface area contributed by atoms with E-state index in [9.17, 15) is 17.6 Å². The number of nitrogens with zero attached hydrogens (tertiary/aromatic N) is 1. The van der Waals surface area contributed by atoms with Crippen molar-refractivity contribution >= 4 is 16.0 Å². The number of rotatable bonds is 5. The lowest BCUT2D eigenvalue weighted by Gasteiger charge is -2.19. The quantitative estimate of drug-likeness (QED) is 0.776. The van der Waals surface area contributed by atoms with Crippen LogP contribution in [0.1, 0.15) is 18.1 Å². The summed E-state index contributed by atoms with van der Waals surface area (Å²) in [7, 11) is -2.58. The Labute approximate surface area is 118 Å². The van der Waals surface area contributed by atoms with E-state index in [-0.39, 0.29) is 18.0 Å². The molecule has 0 spiro atoms. The van der Waals surface area contributed by atoms with E-state index in [4.69, 9.17) is 4.74 Å². The maximum absolute atomic E-state index is 13.2. The van der Waals surface area contributed by atoms with Gasteiger partial charge in [0.15, 0.2) is 0 Å². The van der Waals surface area contributed by atoms with Gasteiger partial charge in [-0.15, -0.1) is 0 Å². The Hall–Kier alpha value is -1.47. The average molecular weight is 303 g/mol. The normalized spacial score (nSPS) is 11.7. The molecule has 0 aliphatic heterocycles. The van der Waals surface area contributed by atoms with Crippen LogP contribution in [0.5, 0.6) is 0 Å². The summed E-state index contributed by atoms with van der Waals surface area (Å²) < 4.78 is 43.7. The van der Waals surface area contributed by atoms with Crippen LogP contribution >= 0.6 is 0 Å². The van der Waals surface area contributed by atoms with Gasteiger partial charge in [0, 0.05) is 7.05 Å². The summed E-state index contributed by atoms with van der Waals surface area (Å²) in [6.45, 7) is 4.47. The summed E-state index contributed by atoms with van der Waals surface area (Å²) in [4.78, 5) is 11.4. The Kier molecular flexibility index (Phi) is 5.24. The first-order valence-electron chi connectivity index (χ1n) is 6.08. The molecule has 0 aliphatic carbocycles. The van der Waals surface area contributed by atoms with Crippen molar-refractivity contribution in [1.29, 1.82) is 0 Å². The smallest absolute Gasteiger partial charge is 0.321 e. The molecule has 1 aromatic carbocycles. The summed E-state index contributed by atoms with van der Waals surface area (Å²) in [5.41, 5.74) is 0.608. The second-order valence-electron chi connectivity index (χ2n) is 4.43. The lowest BCUT2D eigenvalue weighted by Crippen LogP contribution is -2.34. The van der Waals surface area contributed by atoms with E-state index in [1.807, 2.05) is 0 Å². The third-order valence-electron chi connectivity index (χ3n) is 2.75. The molecule has 112 valence electrons. The number of benzene rings is 1. The second kappa shape index (κ2) is 6.32. The summed E-state index contributed by atoms with van der Waals surface area (Å²) in [5, 5.41) is 0. The number of ether oxygens (including phenoxy) is 1. The molecule has 1 rings (SSSR count). The first kappa shape index (κ1) is 16.6. The van der Waals surface area contributed by atoms with Crippen LogP contribution in [0.25, 0.3) is 0 Å². The van der Waals surface area contributed by atoms with Crippen LogP contribution < -0.4 is 0 Å². The monoisotopic (exact) mass is 303 g/mol. The first-order valence-corrected chi connectivity index (χ1v) is 7.52. The van der Waals surface area contributed by atoms with Gasteiger partial charge in [0.1, 0.15) is 12.4 Å². The van der Waals surface area contributed by atoms with E-state index in [0.29, 0.717) is 11.1 Å². The fraction of sp³-hybridized carbons (Fsp3) is 0.462. The maximum atomic E-state index is 13.2. The number of esters is 1. The molecule has 5 nitrogen and oxygen atoms in total. The van der Waals surface area contributed by atoms with Crippen LogP contribution in [-0.2, 0) is 19.6 Å². The molecule has 0 radical (unpaired) electrons. The largest absolute Gasteiger partial charge is 0.465 e. The van der Waals surface area contributed by atoms with E-state index < -0.39 is 21.8 Å². The van der Waals surface area contributed by atoms with Crippen molar-refractivity contribution in [2.24, 2.45) is 0 Å². The topological polar surface area (TPSA) is 63.7 Å². The van der Waals surface area contributed by atoms with Crippen molar-refractivity contribution in [3.8, 4) is 0 Å². The molecule has 0 saturated heterocycles. The van der Waals surface area contributed by atoms with E-state index in [0.717, 1.165) is 16.4 Å². The molecule has 0 aliphatic rings. The first-order chi connectivity index (χ1) is 9.20. The molecule has 0 N–H and O–H groups in total. The number of aryl methyl sites for hydroxylation is 2. The van der Waals surface area contributed by atoms with Crippen LogP contribution in [0, 0.1) is 19.7 Å². The van der Waals surface area contributed by atoms with Gasteiger partial charge in [0.25, 0.3) is 0 Å². The molecule has 0 saturated carbocycles. The van der Waals surface area contributed by atoms with Crippen molar-refractivity contribution < 1.29 is 22.3 Å². The molecule has 7 heteroatoms. The molecule has 0 fully saturated rings. The molecular formula is C13H18FNO4S. The number of likely N-dealkylation sites (N-methyl/N-ethyl adjacent to an activating group) is 1. The van der Waals surface area contributed by atoms with E-state index in [1.165, 1.54) is 20.9 Å². The van der Waals surface area contributed by atoms with Gasteiger partial charge < -0.3 is 4.74 Å². The lowest BCUT2D eigenvalue weighted by molar-refractivity contribution is -0.143. The van der Waals surface area contributed by atoms with Gasteiger partial charge in [-0.3, -0.25) is 4.79 Å². The standard InChI is InChI=1S/C13H18FNO4S/c1-5-19-12(16)8-15(4)20(17,18)13-9(2)6-11(14)7-10(13)3/h6-7H,5,8H2,1-4H3. The third kappa shape index (κ3) is 3.55. The summed E-state index contributed by atoms with van der Waals surface area (Å²) in [6, 6.07) is 2.30. The maximum Gasteiger partial charge on any atom is 0.321 e. The van der Waals surface area contributed by atoms with E-state index in [1.54, 1.807) is 6.92 Å². The van der Waals surface area contributed by atoms with Crippen LogP contribution in [0.2, 0.25) is 0 Å². The highest BCUT2D eigenvalue weighted by molar-refractivity contribution is 7.89. The molecule has 1 aromatic rings. The third-order valence-corrected chi connectivity index (χ3v) is 4.86. The SMILES string of the molecule is CCOC(=O)CN(C)S(=O)(=O)c1c(C)cc(F)cc1C. The van der Waals surface area contributed by atoms with Crippen LogP contribution in [0.3, 0.4) is 0 Å². The number of carbonyl (C=O) groups excluding carboxylic acids is 1. The van der Waals surface area contributed by atoms with Crippen molar-refractivity contribution in [2.45, 2.75) is 25.7 Å². The number of hydrogen-bond acceptors (Lipinski definition) is 4. The predicted molar refractivity (Wildman–Crippen MR) is 72.3 cm³/mol. The Morgan fingerprint density at radius 3 is 2.25 bits per heavy atom. The molecule has 20 heavy (non-hydrogen) atoms. The Morgan fingerprint density at radius 1 is 1.30 bits per heavy atom. The van der Waals surface area contributed by atoms with Crippen LogP contribution in [0.4, 0.5) is 4.39 Å². The zero-order chi connectivity index (χ0) is 15.5. The van der Waals surface area contributed by atoms with Gasteiger partial charge in [-0.1, -0.05) is 0 Å². The van der Waals surface area contributed by atoms with Crippen molar-refractivity contribution in [3.63, 3.8) is 0 Å². The minimum absolute atomic E-state index is 0.0192. The van der Waals surface area contributed by atoms with Gasteiger partial charge in [-0.2, -0.15) is 4.31 Å². The number of carbonyl (C=O) groups is 1. The number of halogens is 1. The lowest BCUT2D eigenvalue weighted by atomic mass is 10.1. The molecular weight excluding hydrogens is 285 g/mol. The van der Waals surface area contributed by atoms with Gasteiger partial charge >= 0.3 is 5.97 Å². The average Bonchev–Trinajstić information content (AvgIpc) is 2.26. The van der Waals surface area contributed by atoms with Crippen LogP contribution in [-0.4, -0.2) is 38.9 Å². The molecule has 0 heterocycles. The zero-order valence-electron chi connectivity index (χ0n) is 11.9. The minimum atomic E-state index is -3.86. The Morgan fingerprint density at radius 2 is 1.80 bits per heavy atom. The highest BCUT2D eigenvalue weighted by Gasteiger charge is 2.27. The fourth-order valence-electron chi connectivity index (χ4n) is 1.93.